The Morgan fingerprint density at radius 1 is 1.09 bits per heavy atom. The van der Waals surface area contributed by atoms with Crippen molar-refractivity contribution in [3.63, 3.8) is 0 Å². The van der Waals surface area contributed by atoms with E-state index < -0.39 is 0 Å². The van der Waals surface area contributed by atoms with Crippen LogP contribution in [0.3, 0.4) is 0 Å². The summed E-state index contributed by atoms with van der Waals surface area (Å²) in [7, 11) is 3.18. The van der Waals surface area contributed by atoms with Crippen molar-refractivity contribution < 1.29 is 14.3 Å². The molecule has 174 valence electrons. The number of fused-ring (bicyclic) bond motifs is 1. The van der Waals surface area contributed by atoms with Crippen LogP contribution in [0.25, 0.3) is 0 Å². The summed E-state index contributed by atoms with van der Waals surface area (Å²) < 4.78 is 10.7. The molecule has 1 atom stereocenters. The second-order valence-electron chi connectivity index (χ2n) is 9.18. The third kappa shape index (κ3) is 4.17. The summed E-state index contributed by atoms with van der Waals surface area (Å²) in [6, 6.07) is 14.1. The highest BCUT2D eigenvalue weighted by Crippen LogP contribution is 2.33. The maximum absolute atomic E-state index is 13.4. The number of benzene rings is 2. The normalized spacial score (nSPS) is 23.9. The van der Waals surface area contributed by atoms with E-state index in [0.29, 0.717) is 36.2 Å². The van der Waals surface area contributed by atoms with Crippen LogP contribution in [0.2, 0.25) is 0 Å². The molecule has 7 nitrogen and oxygen atoms in total. The number of nitrogens with one attached hydrogen (secondary N) is 2. The van der Waals surface area contributed by atoms with Gasteiger partial charge in [-0.1, -0.05) is 31.0 Å². The number of amidine groups is 1. The van der Waals surface area contributed by atoms with Gasteiger partial charge in [-0.25, -0.2) is 0 Å². The molecule has 2 aromatic rings. The smallest absolute Gasteiger partial charge is 0.254 e. The molecule has 1 saturated carbocycles. The van der Waals surface area contributed by atoms with Gasteiger partial charge < -0.3 is 19.7 Å². The van der Waals surface area contributed by atoms with Crippen molar-refractivity contribution >= 4 is 17.4 Å². The van der Waals surface area contributed by atoms with Gasteiger partial charge in [-0.05, 0) is 49.1 Å². The molecule has 0 bridgehead atoms. The molecule has 2 heterocycles. The Morgan fingerprint density at radius 3 is 2.67 bits per heavy atom. The molecule has 2 fully saturated rings. The zero-order chi connectivity index (χ0) is 22.8. The molecule has 0 radical (unpaired) electrons. The average molecular weight is 449 g/mol. The summed E-state index contributed by atoms with van der Waals surface area (Å²) in [5, 5.41) is 7.45. The number of amides is 1. The van der Waals surface area contributed by atoms with E-state index in [1.165, 1.54) is 18.4 Å². The number of ether oxygens (including phenoxy) is 2. The molecule has 1 amide bonds. The third-order valence-electron chi connectivity index (χ3n) is 7.16. The number of methoxy groups -OCH3 is 2. The van der Waals surface area contributed by atoms with Crippen LogP contribution in [0.4, 0.5) is 5.69 Å². The molecule has 33 heavy (non-hydrogen) atoms. The van der Waals surface area contributed by atoms with Gasteiger partial charge in [0.25, 0.3) is 5.91 Å². The maximum atomic E-state index is 13.4. The van der Waals surface area contributed by atoms with Crippen molar-refractivity contribution in [2.24, 2.45) is 4.99 Å². The number of para-hydroxylation sites is 1. The van der Waals surface area contributed by atoms with Crippen LogP contribution in [-0.2, 0) is 6.54 Å². The van der Waals surface area contributed by atoms with Gasteiger partial charge in [-0.15, -0.1) is 0 Å². The summed E-state index contributed by atoms with van der Waals surface area (Å²) in [6.07, 6.45) is 5.57. The standard InChI is InChI=1S/C26H32N4O3/c1-32-22-12-11-18(15-23(22)33-2)24(31)30-14-13-26(17-30)25(28-20-8-4-5-9-20)29-21-10-6-3-7-19(21)16-27-26/h3,6-7,10-12,15,20,27H,4-5,8-9,13-14,16-17H2,1-2H3,(H,28,29)/t26-/m0/s1. The quantitative estimate of drug-likeness (QED) is 0.743. The lowest BCUT2D eigenvalue weighted by molar-refractivity contribution is 0.0785. The van der Waals surface area contributed by atoms with Gasteiger partial charge in [-0.3, -0.25) is 15.1 Å². The molecule has 0 aromatic heterocycles. The second kappa shape index (κ2) is 9.06. The number of rotatable bonds is 4. The minimum atomic E-state index is -0.381. The topological polar surface area (TPSA) is 75.2 Å². The van der Waals surface area contributed by atoms with E-state index in [1.54, 1.807) is 32.4 Å². The van der Waals surface area contributed by atoms with Crippen LogP contribution in [0.15, 0.2) is 47.5 Å². The molecule has 3 aliphatic rings. The molecule has 2 aliphatic heterocycles. The lowest BCUT2D eigenvalue weighted by atomic mass is 9.96. The SMILES string of the molecule is COc1ccc(C(=O)N2CC[C@@]3(C2)NCc2ccccc2NC3=NC2CCCC2)cc1OC. The van der Waals surface area contributed by atoms with Gasteiger partial charge in [0.1, 0.15) is 5.84 Å². The molecule has 2 aromatic carbocycles. The van der Waals surface area contributed by atoms with Gasteiger partial charge in [0, 0.05) is 30.9 Å². The molecule has 0 unspecified atom stereocenters. The fourth-order valence-corrected chi connectivity index (χ4v) is 5.24. The van der Waals surface area contributed by atoms with Crippen LogP contribution in [0.5, 0.6) is 11.5 Å². The van der Waals surface area contributed by atoms with Crippen LogP contribution in [0, 0.1) is 0 Å². The lowest BCUT2D eigenvalue weighted by Crippen LogP contribution is -2.55. The Balaban J connectivity index is 1.43. The van der Waals surface area contributed by atoms with Crippen molar-refractivity contribution in [3.8, 4) is 11.5 Å². The van der Waals surface area contributed by atoms with Gasteiger partial charge in [0.05, 0.1) is 25.8 Å². The van der Waals surface area contributed by atoms with Crippen molar-refractivity contribution in [2.45, 2.75) is 50.2 Å². The van der Waals surface area contributed by atoms with Crippen molar-refractivity contribution in [3.05, 3.63) is 53.6 Å². The minimum Gasteiger partial charge on any atom is -0.493 e. The van der Waals surface area contributed by atoms with Crippen molar-refractivity contribution in [2.75, 3.05) is 32.6 Å². The third-order valence-corrected chi connectivity index (χ3v) is 7.16. The van der Waals surface area contributed by atoms with Crippen molar-refractivity contribution in [1.29, 1.82) is 0 Å². The predicted octanol–water partition coefficient (Wildman–Crippen LogP) is 3.84. The summed E-state index contributed by atoms with van der Waals surface area (Å²) in [5.41, 5.74) is 2.54. The first kappa shape index (κ1) is 21.8. The average Bonchev–Trinajstić information content (AvgIpc) is 3.49. The Morgan fingerprint density at radius 2 is 1.88 bits per heavy atom. The van der Waals surface area contributed by atoms with Gasteiger partial charge >= 0.3 is 0 Å². The van der Waals surface area contributed by atoms with E-state index in [0.717, 1.165) is 37.3 Å². The van der Waals surface area contributed by atoms with E-state index in [9.17, 15) is 4.79 Å². The van der Waals surface area contributed by atoms with E-state index >= 15 is 0 Å². The predicted molar refractivity (Wildman–Crippen MR) is 129 cm³/mol. The zero-order valence-corrected chi connectivity index (χ0v) is 19.4. The summed E-state index contributed by atoms with van der Waals surface area (Å²) >= 11 is 0. The van der Waals surface area contributed by atoms with E-state index in [1.807, 2.05) is 4.90 Å². The fourth-order valence-electron chi connectivity index (χ4n) is 5.24. The number of carbonyl (C=O) groups excluding carboxylic acids is 1. The Hall–Kier alpha value is -3.06. The van der Waals surface area contributed by atoms with Crippen LogP contribution >= 0.6 is 0 Å². The van der Waals surface area contributed by atoms with Crippen LogP contribution in [0.1, 0.15) is 48.0 Å². The molecule has 5 rings (SSSR count). The first-order valence-corrected chi connectivity index (χ1v) is 11.8. The molecule has 2 N–H and O–H groups in total. The highest BCUT2D eigenvalue weighted by Gasteiger charge is 2.46. The number of hydrogen-bond donors (Lipinski definition) is 2. The number of likely N-dealkylation sites (tertiary alicyclic amines) is 1. The number of hydrogen-bond acceptors (Lipinski definition) is 5. The van der Waals surface area contributed by atoms with Gasteiger partial charge in [0.2, 0.25) is 0 Å². The molecule has 1 aliphatic carbocycles. The lowest BCUT2D eigenvalue weighted by Gasteiger charge is -2.31. The molecular formula is C26H32N4O3. The number of nitrogens with zero attached hydrogens (tertiary/aromatic N) is 2. The summed E-state index contributed by atoms with van der Waals surface area (Å²) in [4.78, 5) is 20.6. The molecule has 1 spiro atoms. The first-order chi connectivity index (χ1) is 16.1. The summed E-state index contributed by atoms with van der Waals surface area (Å²) in [6.45, 7) is 1.99. The van der Waals surface area contributed by atoms with Crippen LogP contribution < -0.4 is 20.1 Å². The largest absolute Gasteiger partial charge is 0.493 e. The van der Waals surface area contributed by atoms with E-state index in [2.05, 4.69) is 34.9 Å². The highest BCUT2D eigenvalue weighted by molar-refractivity contribution is 6.05. The fraction of sp³-hybridized carbons (Fsp3) is 0.462. The zero-order valence-electron chi connectivity index (χ0n) is 19.4. The Bertz CT molecular complexity index is 1060. The molecular weight excluding hydrogens is 416 g/mol. The monoisotopic (exact) mass is 448 g/mol. The maximum Gasteiger partial charge on any atom is 0.254 e. The van der Waals surface area contributed by atoms with E-state index in [4.69, 9.17) is 14.5 Å². The van der Waals surface area contributed by atoms with Crippen molar-refractivity contribution in [1.82, 2.24) is 10.2 Å². The first-order valence-electron chi connectivity index (χ1n) is 11.8. The summed E-state index contributed by atoms with van der Waals surface area (Å²) in [5.74, 6) is 2.15. The van der Waals surface area contributed by atoms with Crippen LogP contribution in [-0.4, -0.2) is 55.5 Å². The highest BCUT2D eigenvalue weighted by atomic mass is 16.5. The van der Waals surface area contributed by atoms with Gasteiger partial charge in [0.15, 0.2) is 11.5 Å². The second-order valence-corrected chi connectivity index (χ2v) is 9.18. The number of aliphatic imine (C=N–C) groups is 1. The minimum absolute atomic E-state index is 0.00314. The molecule has 7 heteroatoms. The Kier molecular flexibility index (Phi) is 5.98. The molecule has 1 saturated heterocycles. The number of carbonyl (C=O) groups is 1. The van der Waals surface area contributed by atoms with E-state index in [-0.39, 0.29) is 11.4 Å². The van der Waals surface area contributed by atoms with Gasteiger partial charge in [-0.2, -0.15) is 0 Å². The Labute approximate surface area is 195 Å². The number of anilines is 1.